The van der Waals surface area contributed by atoms with Gasteiger partial charge in [-0.2, -0.15) is 0 Å². The second-order valence-corrected chi connectivity index (χ2v) is 8.91. The predicted octanol–water partition coefficient (Wildman–Crippen LogP) is -3.19. The lowest BCUT2D eigenvalue weighted by Crippen LogP contribution is -2.58. The second-order valence-electron chi connectivity index (χ2n) is 8.91. The van der Waals surface area contributed by atoms with Gasteiger partial charge in [-0.05, 0) is 30.5 Å². The van der Waals surface area contributed by atoms with Gasteiger partial charge in [0.1, 0.15) is 29.9 Å². The summed E-state index contributed by atoms with van der Waals surface area (Å²) in [5.41, 5.74) is 17.2. The van der Waals surface area contributed by atoms with Gasteiger partial charge in [-0.25, -0.2) is 9.78 Å². The van der Waals surface area contributed by atoms with Gasteiger partial charge >= 0.3 is 5.97 Å². The van der Waals surface area contributed by atoms with Gasteiger partial charge in [0.25, 0.3) is 0 Å². The molecular formula is C24H35N9O7. The van der Waals surface area contributed by atoms with Gasteiger partial charge in [-0.15, -0.1) is 0 Å². The average Bonchev–Trinajstić information content (AvgIpc) is 3.43. The maximum atomic E-state index is 13.3. The van der Waals surface area contributed by atoms with Crippen molar-refractivity contribution in [3.8, 4) is 5.75 Å². The number of nitrogens with two attached hydrogens (primary N) is 3. The van der Waals surface area contributed by atoms with Gasteiger partial charge in [0.2, 0.25) is 17.7 Å². The highest BCUT2D eigenvalue weighted by atomic mass is 16.4. The van der Waals surface area contributed by atoms with Gasteiger partial charge < -0.3 is 53.5 Å². The summed E-state index contributed by atoms with van der Waals surface area (Å²) in [6.45, 7) is -0.508. The van der Waals surface area contributed by atoms with E-state index in [1.165, 1.54) is 36.8 Å². The number of aliphatic hydroxyl groups excluding tert-OH is 1. The Morgan fingerprint density at radius 2 is 1.57 bits per heavy atom. The number of hydrogen-bond donors (Lipinski definition) is 10. The van der Waals surface area contributed by atoms with E-state index in [-0.39, 0.29) is 43.9 Å². The fraction of sp³-hybridized carbons (Fsp3) is 0.417. The van der Waals surface area contributed by atoms with Gasteiger partial charge in [0, 0.05) is 31.3 Å². The van der Waals surface area contributed by atoms with E-state index < -0.39 is 54.5 Å². The summed E-state index contributed by atoms with van der Waals surface area (Å²) in [4.78, 5) is 61.2. The number of carbonyl (C=O) groups excluding carboxylic acids is 3. The highest BCUT2D eigenvalue weighted by molar-refractivity contribution is 5.94. The zero-order chi connectivity index (χ0) is 29.7. The van der Waals surface area contributed by atoms with Crippen molar-refractivity contribution in [2.75, 3.05) is 13.2 Å². The SMILES string of the molecule is NC(N)=NCCCC(NC(=O)C(N)CO)C(=O)NC(Cc1ccc(O)cc1)C(=O)NC(Cc1cnc[nH]1)C(=O)O. The second kappa shape index (κ2) is 15.6. The Morgan fingerprint density at radius 3 is 2.15 bits per heavy atom. The van der Waals surface area contributed by atoms with Gasteiger partial charge in [-0.3, -0.25) is 19.4 Å². The molecule has 4 atom stereocenters. The zero-order valence-corrected chi connectivity index (χ0v) is 21.6. The molecule has 0 saturated heterocycles. The molecule has 2 aromatic rings. The number of aliphatic hydroxyl groups is 1. The summed E-state index contributed by atoms with van der Waals surface area (Å²) in [7, 11) is 0. The molecule has 2 rings (SSSR count). The van der Waals surface area contributed by atoms with Crippen molar-refractivity contribution < 1.29 is 34.5 Å². The number of aromatic amines is 1. The van der Waals surface area contributed by atoms with Crippen LogP contribution < -0.4 is 33.2 Å². The number of phenolic OH excluding ortho intramolecular Hbond substituents is 1. The van der Waals surface area contributed by atoms with Crippen molar-refractivity contribution in [2.45, 2.75) is 49.9 Å². The molecule has 0 fully saturated rings. The molecule has 1 aromatic heterocycles. The van der Waals surface area contributed by atoms with Crippen LogP contribution in [-0.2, 0) is 32.0 Å². The maximum Gasteiger partial charge on any atom is 0.326 e. The van der Waals surface area contributed by atoms with Crippen LogP contribution in [-0.4, -0.2) is 92.3 Å². The fourth-order valence-electron chi connectivity index (χ4n) is 3.57. The smallest absolute Gasteiger partial charge is 0.326 e. The van der Waals surface area contributed by atoms with Gasteiger partial charge in [0.15, 0.2) is 5.96 Å². The molecule has 0 radical (unpaired) electrons. The third-order valence-electron chi connectivity index (χ3n) is 5.71. The Kier molecular flexibility index (Phi) is 12.3. The number of imidazole rings is 1. The lowest BCUT2D eigenvalue weighted by molar-refractivity contribution is -0.142. The van der Waals surface area contributed by atoms with Gasteiger partial charge in [0.05, 0.1) is 12.9 Å². The lowest BCUT2D eigenvalue weighted by Gasteiger charge is -2.25. The fourth-order valence-corrected chi connectivity index (χ4v) is 3.57. The molecule has 13 N–H and O–H groups in total. The number of nitrogens with one attached hydrogen (secondary N) is 4. The molecule has 16 heteroatoms. The number of aliphatic imine (C=N–C) groups is 1. The summed E-state index contributed by atoms with van der Waals surface area (Å²) in [5, 5.41) is 35.9. The highest BCUT2D eigenvalue weighted by Crippen LogP contribution is 2.12. The largest absolute Gasteiger partial charge is 0.508 e. The third-order valence-corrected chi connectivity index (χ3v) is 5.71. The number of carbonyl (C=O) groups is 4. The third kappa shape index (κ3) is 10.6. The van der Waals surface area contributed by atoms with Crippen molar-refractivity contribution in [2.24, 2.45) is 22.2 Å². The highest BCUT2D eigenvalue weighted by Gasteiger charge is 2.30. The van der Waals surface area contributed by atoms with Crippen LogP contribution in [0, 0.1) is 0 Å². The van der Waals surface area contributed by atoms with Crippen molar-refractivity contribution in [1.82, 2.24) is 25.9 Å². The summed E-state index contributed by atoms with van der Waals surface area (Å²) in [6, 6.07) is 0.776. The van der Waals surface area contributed by atoms with Crippen LogP contribution in [0.25, 0.3) is 0 Å². The molecule has 3 amide bonds. The summed E-state index contributed by atoms with van der Waals surface area (Å²) in [6.07, 6.45) is 2.95. The van der Waals surface area contributed by atoms with E-state index in [2.05, 4.69) is 30.9 Å². The van der Waals surface area contributed by atoms with Crippen LogP contribution >= 0.6 is 0 Å². The Morgan fingerprint density at radius 1 is 0.950 bits per heavy atom. The first-order valence-electron chi connectivity index (χ1n) is 12.3. The van der Waals surface area contributed by atoms with E-state index in [4.69, 9.17) is 17.2 Å². The van der Waals surface area contributed by atoms with Crippen LogP contribution in [0.3, 0.4) is 0 Å². The van der Waals surface area contributed by atoms with E-state index in [1.807, 2.05) is 0 Å². The van der Waals surface area contributed by atoms with Crippen LogP contribution in [0.4, 0.5) is 0 Å². The molecule has 0 saturated carbocycles. The number of carboxylic acids is 1. The van der Waals surface area contributed by atoms with Crippen molar-refractivity contribution >= 4 is 29.7 Å². The van der Waals surface area contributed by atoms with Crippen LogP contribution in [0.2, 0.25) is 0 Å². The zero-order valence-electron chi connectivity index (χ0n) is 21.6. The van der Waals surface area contributed by atoms with E-state index in [0.29, 0.717) is 11.3 Å². The molecule has 16 nitrogen and oxygen atoms in total. The molecule has 0 bridgehead atoms. The molecule has 0 aliphatic rings. The first-order chi connectivity index (χ1) is 19.0. The van der Waals surface area contributed by atoms with E-state index in [1.54, 1.807) is 0 Å². The number of nitrogens with zero attached hydrogens (tertiary/aromatic N) is 2. The number of aromatic hydroxyl groups is 1. The minimum Gasteiger partial charge on any atom is -0.508 e. The lowest BCUT2D eigenvalue weighted by atomic mass is 10.0. The molecule has 1 aromatic carbocycles. The molecule has 40 heavy (non-hydrogen) atoms. The Balaban J connectivity index is 2.26. The summed E-state index contributed by atoms with van der Waals surface area (Å²) >= 11 is 0. The Hall–Kier alpha value is -4.70. The van der Waals surface area contributed by atoms with Gasteiger partial charge in [-0.1, -0.05) is 12.1 Å². The first-order valence-corrected chi connectivity index (χ1v) is 12.3. The average molecular weight is 562 g/mol. The number of aromatic nitrogens is 2. The Labute approximate surface area is 229 Å². The summed E-state index contributed by atoms with van der Waals surface area (Å²) in [5.74, 6) is -3.83. The minimum atomic E-state index is -1.34. The normalized spacial score (nSPS) is 13.8. The van der Waals surface area contributed by atoms with Crippen LogP contribution in [0.1, 0.15) is 24.1 Å². The Bertz CT molecular complexity index is 1150. The predicted molar refractivity (Wildman–Crippen MR) is 143 cm³/mol. The van der Waals surface area contributed by atoms with E-state index in [0.717, 1.165) is 0 Å². The standard InChI is InChI=1S/C24H35N9O7/c25-16(11-34)20(36)31-17(2-1-7-29-24(26)27)21(37)32-18(8-13-3-5-15(35)6-4-13)22(38)33-19(23(39)40)9-14-10-28-12-30-14/h3-6,10,12,16-19,34-35H,1-2,7-9,11,25H2,(H,28,30)(H,31,36)(H,32,37)(H,33,38)(H,39,40)(H4,26,27,29). The molecule has 1 heterocycles. The number of guanidine groups is 1. The number of rotatable bonds is 16. The molecular weight excluding hydrogens is 526 g/mol. The monoisotopic (exact) mass is 561 g/mol. The van der Waals surface area contributed by atoms with Crippen LogP contribution in [0.5, 0.6) is 5.75 Å². The number of carboxylic acid groups (broad SMARTS) is 1. The molecule has 218 valence electrons. The number of aliphatic carboxylic acids is 1. The number of phenols is 1. The molecule has 0 spiro atoms. The van der Waals surface area contributed by atoms with E-state index in [9.17, 15) is 34.5 Å². The number of amides is 3. The maximum absolute atomic E-state index is 13.3. The molecule has 0 aliphatic heterocycles. The number of H-pyrrole nitrogens is 1. The molecule has 0 aliphatic carbocycles. The first kappa shape index (κ1) is 31.5. The number of benzene rings is 1. The van der Waals surface area contributed by atoms with E-state index >= 15 is 0 Å². The number of hydrogen-bond acceptors (Lipinski definition) is 9. The van der Waals surface area contributed by atoms with Crippen LogP contribution in [0.15, 0.2) is 41.8 Å². The topological polar surface area (TPSA) is 284 Å². The summed E-state index contributed by atoms with van der Waals surface area (Å²) < 4.78 is 0. The van der Waals surface area contributed by atoms with Crippen molar-refractivity contribution in [1.29, 1.82) is 0 Å². The van der Waals surface area contributed by atoms with Crippen molar-refractivity contribution in [3.63, 3.8) is 0 Å². The van der Waals surface area contributed by atoms with Crippen molar-refractivity contribution in [3.05, 3.63) is 48.0 Å². The quantitative estimate of drug-likeness (QED) is 0.0553. The molecule has 4 unspecified atom stereocenters. The minimum absolute atomic E-state index is 0.0111.